The number of amides is 1. The predicted molar refractivity (Wildman–Crippen MR) is 135 cm³/mol. The second-order valence-corrected chi connectivity index (χ2v) is 10.0. The van der Waals surface area contributed by atoms with Crippen LogP contribution in [0.5, 0.6) is 5.75 Å². The lowest BCUT2D eigenvalue weighted by molar-refractivity contribution is -0.121. The summed E-state index contributed by atoms with van der Waals surface area (Å²) in [4.78, 5) is 44.0. The number of aromatic nitrogens is 3. The lowest BCUT2D eigenvalue weighted by Crippen LogP contribution is -2.41. The van der Waals surface area contributed by atoms with E-state index >= 15 is 0 Å². The number of thioether (sulfide) groups is 1. The Morgan fingerprint density at radius 1 is 1.18 bits per heavy atom. The van der Waals surface area contributed by atoms with Crippen molar-refractivity contribution >= 4 is 39.4 Å². The zero-order chi connectivity index (χ0) is 24.2. The van der Waals surface area contributed by atoms with E-state index in [0.717, 1.165) is 21.4 Å². The molecule has 0 spiro atoms. The molecule has 0 bridgehead atoms. The monoisotopic (exact) mass is 496 g/mol. The van der Waals surface area contributed by atoms with Crippen LogP contribution >= 0.6 is 23.1 Å². The first kappa shape index (κ1) is 23.8. The van der Waals surface area contributed by atoms with Crippen molar-refractivity contribution in [3.8, 4) is 11.4 Å². The summed E-state index contributed by atoms with van der Waals surface area (Å²) in [6.45, 7) is 3.93. The number of hydrogen-bond acceptors (Lipinski definition) is 7. The van der Waals surface area contributed by atoms with E-state index in [1.807, 2.05) is 50.2 Å². The number of methoxy groups -OCH3 is 1. The smallest absolute Gasteiger partial charge is 0.337 e. The number of ether oxygens (including phenoxy) is 1. The van der Waals surface area contributed by atoms with Crippen molar-refractivity contribution in [1.29, 1.82) is 0 Å². The molecule has 1 amide bonds. The molecule has 0 saturated carbocycles. The Labute approximate surface area is 204 Å². The van der Waals surface area contributed by atoms with Gasteiger partial charge in [-0.3, -0.25) is 14.2 Å². The maximum atomic E-state index is 13.4. The van der Waals surface area contributed by atoms with E-state index in [2.05, 4.69) is 10.3 Å². The predicted octanol–water partition coefficient (Wildman–Crippen LogP) is 3.35. The van der Waals surface area contributed by atoms with E-state index in [9.17, 15) is 14.4 Å². The highest BCUT2D eigenvalue weighted by atomic mass is 32.2. The summed E-state index contributed by atoms with van der Waals surface area (Å²) in [7, 11) is 1.58. The van der Waals surface area contributed by atoms with Gasteiger partial charge in [-0.15, -0.1) is 11.3 Å². The van der Waals surface area contributed by atoms with Crippen LogP contribution in [0.4, 0.5) is 0 Å². The lowest BCUT2D eigenvalue weighted by atomic mass is 10.2. The van der Waals surface area contributed by atoms with E-state index in [0.29, 0.717) is 20.5 Å². The summed E-state index contributed by atoms with van der Waals surface area (Å²) in [5, 5.41) is 2.83. The van der Waals surface area contributed by atoms with Gasteiger partial charge in [0.2, 0.25) is 5.91 Å². The van der Waals surface area contributed by atoms with Gasteiger partial charge in [0.05, 0.1) is 12.8 Å². The Morgan fingerprint density at radius 3 is 2.65 bits per heavy atom. The second-order valence-electron chi connectivity index (χ2n) is 7.54. The van der Waals surface area contributed by atoms with Gasteiger partial charge in [0.25, 0.3) is 5.56 Å². The number of carbonyl (C=O) groups is 1. The zero-order valence-electron chi connectivity index (χ0n) is 19.0. The Bertz CT molecular complexity index is 1450. The summed E-state index contributed by atoms with van der Waals surface area (Å²) >= 11 is 2.73. The third-order valence-corrected chi connectivity index (χ3v) is 7.21. The van der Waals surface area contributed by atoms with Crippen molar-refractivity contribution < 1.29 is 9.53 Å². The van der Waals surface area contributed by atoms with Crippen LogP contribution in [-0.4, -0.2) is 32.9 Å². The van der Waals surface area contributed by atoms with Gasteiger partial charge < -0.3 is 10.1 Å². The molecular weight excluding hydrogens is 472 g/mol. The first-order valence-electron chi connectivity index (χ1n) is 10.7. The molecule has 0 fully saturated rings. The highest BCUT2D eigenvalue weighted by molar-refractivity contribution is 8.01. The van der Waals surface area contributed by atoms with Gasteiger partial charge in [0.15, 0.2) is 9.99 Å². The van der Waals surface area contributed by atoms with Gasteiger partial charge in [0.1, 0.15) is 17.0 Å². The molecular formula is C24H24N4O4S2. The van der Waals surface area contributed by atoms with Crippen LogP contribution in [0.3, 0.4) is 0 Å². The molecule has 0 saturated heterocycles. The average molecular weight is 497 g/mol. The Hall–Kier alpha value is -3.37. The van der Waals surface area contributed by atoms with Crippen LogP contribution in [-0.2, 0) is 17.9 Å². The lowest BCUT2D eigenvalue weighted by Gasteiger charge is -2.12. The maximum absolute atomic E-state index is 13.4. The molecule has 4 aromatic rings. The number of hydrogen-bond donors (Lipinski definition) is 1. The molecule has 2 aromatic carbocycles. The van der Waals surface area contributed by atoms with Crippen LogP contribution in [0.2, 0.25) is 0 Å². The van der Waals surface area contributed by atoms with E-state index < -0.39 is 11.2 Å². The SMILES string of the molecule is CCSc1nc2c(s1)c(=O)n(-c1ccc(C)cc1)c(=O)n2CC(=O)NCc1cccc(OC)c1. The first-order valence-corrected chi connectivity index (χ1v) is 12.5. The van der Waals surface area contributed by atoms with Crippen molar-refractivity contribution in [3.63, 3.8) is 0 Å². The van der Waals surface area contributed by atoms with E-state index in [1.165, 1.54) is 27.7 Å². The van der Waals surface area contributed by atoms with Gasteiger partial charge in [-0.05, 0) is 42.5 Å². The van der Waals surface area contributed by atoms with Crippen molar-refractivity contribution in [2.24, 2.45) is 0 Å². The highest BCUT2D eigenvalue weighted by Crippen LogP contribution is 2.27. The normalized spacial score (nSPS) is 11.0. The summed E-state index contributed by atoms with van der Waals surface area (Å²) in [5.74, 6) is 1.10. The number of fused-ring (bicyclic) bond motifs is 1. The molecule has 0 aliphatic rings. The fourth-order valence-corrected chi connectivity index (χ4v) is 5.42. The Balaban J connectivity index is 1.72. The average Bonchev–Trinajstić information content (AvgIpc) is 3.26. The molecule has 0 unspecified atom stereocenters. The largest absolute Gasteiger partial charge is 0.497 e. The van der Waals surface area contributed by atoms with E-state index in [-0.39, 0.29) is 24.6 Å². The molecule has 8 nitrogen and oxygen atoms in total. The second kappa shape index (κ2) is 10.3. The summed E-state index contributed by atoms with van der Waals surface area (Å²) in [5.41, 5.74) is 1.52. The van der Waals surface area contributed by atoms with Crippen LogP contribution < -0.4 is 21.3 Å². The summed E-state index contributed by atoms with van der Waals surface area (Å²) < 4.78 is 8.62. The number of nitrogens with one attached hydrogen (secondary N) is 1. The van der Waals surface area contributed by atoms with E-state index in [1.54, 1.807) is 19.2 Å². The molecule has 176 valence electrons. The van der Waals surface area contributed by atoms with Gasteiger partial charge >= 0.3 is 5.69 Å². The number of aryl methyl sites for hydroxylation is 1. The number of nitrogens with zero attached hydrogens (tertiary/aromatic N) is 3. The molecule has 0 aliphatic heterocycles. The first-order chi connectivity index (χ1) is 16.4. The summed E-state index contributed by atoms with van der Waals surface area (Å²) in [6.07, 6.45) is 0. The standard InChI is InChI=1S/C24H24N4O4S2/c1-4-33-23-26-21-20(34-23)22(30)28(17-10-8-15(2)9-11-17)24(31)27(21)14-19(29)25-13-16-6-5-7-18(12-16)32-3/h5-12H,4,13-14H2,1-3H3,(H,25,29). The molecule has 0 aliphatic carbocycles. The number of rotatable bonds is 8. The molecule has 34 heavy (non-hydrogen) atoms. The number of benzene rings is 2. The maximum Gasteiger partial charge on any atom is 0.337 e. The fourth-order valence-electron chi connectivity index (χ4n) is 3.45. The van der Waals surface area contributed by atoms with Crippen molar-refractivity contribution in [2.45, 2.75) is 31.3 Å². The molecule has 0 radical (unpaired) electrons. The van der Waals surface area contributed by atoms with Crippen LogP contribution in [0.1, 0.15) is 18.1 Å². The van der Waals surface area contributed by atoms with Crippen LogP contribution in [0, 0.1) is 6.92 Å². The molecule has 2 aromatic heterocycles. The van der Waals surface area contributed by atoms with Gasteiger partial charge in [-0.2, -0.15) is 0 Å². The Kier molecular flexibility index (Phi) is 7.18. The quantitative estimate of drug-likeness (QED) is 0.376. The third kappa shape index (κ3) is 4.92. The van der Waals surface area contributed by atoms with Gasteiger partial charge in [-0.25, -0.2) is 14.3 Å². The fraction of sp³-hybridized carbons (Fsp3) is 0.250. The Morgan fingerprint density at radius 2 is 1.94 bits per heavy atom. The van der Waals surface area contributed by atoms with Crippen molar-refractivity contribution in [1.82, 2.24) is 19.4 Å². The van der Waals surface area contributed by atoms with Crippen molar-refractivity contribution in [3.05, 3.63) is 80.5 Å². The third-order valence-electron chi connectivity index (χ3n) is 5.15. The van der Waals surface area contributed by atoms with E-state index in [4.69, 9.17) is 4.74 Å². The summed E-state index contributed by atoms with van der Waals surface area (Å²) in [6, 6.07) is 14.5. The number of carbonyl (C=O) groups excluding carboxylic acids is 1. The number of thiazole rings is 1. The minimum absolute atomic E-state index is 0.232. The highest BCUT2D eigenvalue weighted by Gasteiger charge is 2.20. The van der Waals surface area contributed by atoms with Crippen LogP contribution in [0.15, 0.2) is 62.5 Å². The molecule has 0 atom stereocenters. The van der Waals surface area contributed by atoms with Crippen LogP contribution in [0.25, 0.3) is 16.0 Å². The molecule has 4 rings (SSSR count). The topological polar surface area (TPSA) is 95.2 Å². The van der Waals surface area contributed by atoms with Gasteiger partial charge in [0, 0.05) is 6.54 Å². The van der Waals surface area contributed by atoms with Gasteiger partial charge in [-0.1, -0.05) is 48.5 Å². The molecule has 2 heterocycles. The zero-order valence-corrected chi connectivity index (χ0v) is 20.7. The molecule has 1 N–H and O–H groups in total. The van der Waals surface area contributed by atoms with Crippen molar-refractivity contribution in [2.75, 3.05) is 12.9 Å². The molecule has 10 heteroatoms. The minimum atomic E-state index is -0.601. The minimum Gasteiger partial charge on any atom is -0.497 e.